The molecular weight excluding hydrogens is 370 g/mol. The lowest BCUT2D eigenvalue weighted by Gasteiger charge is -2.12. The summed E-state index contributed by atoms with van der Waals surface area (Å²) in [5.74, 6) is 0.370. The van der Waals surface area contributed by atoms with Crippen molar-refractivity contribution in [2.24, 2.45) is 0 Å². The maximum atomic E-state index is 12.6. The first-order chi connectivity index (χ1) is 12.6. The molecule has 26 heavy (non-hydrogen) atoms. The average molecular weight is 386 g/mol. The molecule has 0 saturated carbocycles. The molecular formula is C20H16ClNO3S. The Morgan fingerprint density at radius 3 is 2.73 bits per heavy atom. The summed E-state index contributed by atoms with van der Waals surface area (Å²) in [4.78, 5) is 26.5. The third-order valence-electron chi connectivity index (χ3n) is 3.63. The Morgan fingerprint density at radius 1 is 1.15 bits per heavy atom. The largest absolute Gasteiger partial charge is 0.490 e. The molecule has 1 heterocycles. The van der Waals surface area contributed by atoms with Crippen LogP contribution in [0.25, 0.3) is 6.08 Å². The van der Waals surface area contributed by atoms with Crippen LogP contribution in [0, 0.1) is 0 Å². The van der Waals surface area contributed by atoms with E-state index in [2.05, 4.69) is 6.58 Å². The monoisotopic (exact) mass is 385 g/mol. The van der Waals surface area contributed by atoms with Crippen LogP contribution in [-0.2, 0) is 11.3 Å². The zero-order valence-electron chi connectivity index (χ0n) is 13.9. The molecule has 3 rings (SSSR count). The van der Waals surface area contributed by atoms with Crippen molar-refractivity contribution < 1.29 is 14.3 Å². The predicted octanol–water partition coefficient (Wildman–Crippen LogP) is 5.14. The number of imide groups is 1. The van der Waals surface area contributed by atoms with Crippen LogP contribution < -0.4 is 4.74 Å². The molecule has 0 spiro atoms. The first kappa shape index (κ1) is 18.3. The second-order valence-corrected chi connectivity index (χ2v) is 7.00. The lowest BCUT2D eigenvalue weighted by atomic mass is 10.2. The number of thioether (sulfide) groups is 1. The van der Waals surface area contributed by atoms with Gasteiger partial charge in [0.15, 0.2) is 0 Å². The van der Waals surface area contributed by atoms with Crippen LogP contribution in [0.2, 0.25) is 5.02 Å². The van der Waals surface area contributed by atoms with Gasteiger partial charge in [0.2, 0.25) is 0 Å². The zero-order valence-corrected chi connectivity index (χ0v) is 15.4. The number of carbonyl (C=O) groups excluding carboxylic acids is 2. The Labute approximate surface area is 161 Å². The van der Waals surface area contributed by atoms with Crippen LogP contribution in [0.15, 0.2) is 66.1 Å². The molecule has 0 unspecified atom stereocenters. The van der Waals surface area contributed by atoms with E-state index in [9.17, 15) is 9.59 Å². The average Bonchev–Trinajstić information content (AvgIpc) is 2.88. The van der Waals surface area contributed by atoms with E-state index in [1.807, 2.05) is 30.3 Å². The summed E-state index contributed by atoms with van der Waals surface area (Å²) in [6, 6.07) is 14.4. The van der Waals surface area contributed by atoms with Crippen LogP contribution in [0.5, 0.6) is 5.75 Å². The lowest BCUT2D eigenvalue weighted by Crippen LogP contribution is -2.27. The van der Waals surface area contributed by atoms with Gasteiger partial charge in [-0.15, -0.1) is 0 Å². The van der Waals surface area contributed by atoms with Crippen LogP contribution in [0.3, 0.4) is 0 Å². The van der Waals surface area contributed by atoms with Gasteiger partial charge in [-0.05, 0) is 53.2 Å². The molecule has 0 aromatic heterocycles. The number of hydrogen-bond donors (Lipinski definition) is 0. The molecule has 132 valence electrons. The lowest BCUT2D eigenvalue weighted by molar-refractivity contribution is -0.123. The molecule has 2 aromatic carbocycles. The number of rotatable bonds is 6. The maximum absolute atomic E-state index is 12.6. The van der Waals surface area contributed by atoms with Crippen molar-refractivity contribution in [2.45, 2.75) is 6.54 Å². The maximum Gasteiger partial charge on any atom is 0.293 e. The molecule has 1 aliphatic heterocycles. The van der Waals surface area contributed by atoms with Gasteiger partial charge in [0, 0.05) is 5.02 Å². The number of halogens is 1. The highest BCUT2D eigenvalue weighted by molar-refractivity contribution is 8.18. The minimum Gasteiger partial charge on any atom is -0.490 e. The SMILES string of the molecule is C=CCOc1cccc(/C=C2\SC(=O)N(Cc3cccc(Cl)c3)C2=O)c1. The first-order valence-corrected chi connectivity index (χ1v) is 9.10. The third kappa shape index (κ3) is 4.36. The number of carbonyl (C=O) groups is 2. The van der Waals surface area contributed by atoms with Gasteiger partial charge < -0.3 is 4.74 Å². The summed E-state index contributed by atoms with van der Waals surface area (Å²) in [5.41, 5.74) is 1.60. The van der Waals surface area contributed by atoms with Gasteiger partial charge in [0.05, 0.1) is 11.4 Å². The Balaban J connectivity index is 1.77. The fourth-order valence-electron chi connectivity index (χ4n) is 2.45. The third-order valence-corrected chi connectivity index (χ3v) is 4.77. The van der Waals surface area contributed by atoms with Crippen molar-refractivity contribution >= 4 is 40.6 Å². The Hall–Kier alpha value is -2.50. The number of hydrogen-bond acceptors (Lipinski definition) is 4. The molecule has 0 radical (unpaired) electrons. The highest BCUT2D eigenvalue weighted by Crippen LogP contribution is 2.33. The van der Waals surface area contributed by atoms with Gasteiger partial charge >= 0.3 is 0 Å². The Morgan fingerprint density at radius 2 is 1.96 bits per heavy atom. The van der Waals surface area contributed by atoms with Gasteiger partial charge in [-0.25, -0.2) is 0 Å². The van der Waals surface area contributed by atoms with Crippen molar-refractivity contribution in [3.8, 4) is 5.75 Å². The summed E-state index contributed by atoms with van der Waals surface area (Å²) < 4.78 is 5.49. The summed E-state index contributed by atoms with van der Waals surface area (Å²) >= 11 is 6.90. The number of nitrogens with zero attached hydrogens (tertiary/aromatic N) is 1. The first-order valence-electron chi connectivity index (χ1n) is 7.90. The molecule has 0 bridgehead atoms. The fourth-order valence-corrected chi connectivity index (χ4v) is 3.51. The van der Waals surface area contributed by atoms with E-state index in [0.717, 1.165) is 22.9 Å². The van der Waals surface area contributed by atoms with E-state index >= 15 is 0 Å². The molecule has 0 N–H and O–H groups in total. The molecule has 6 heteroatoms. The molecule has 0 atom stereocenters. The van der Waals surface area contributed by atoms with Gasteiger partial charge in [-0.3, -0.25) is 14.5 Å². The van der Waals surface area contributed by atoms with Crippen LogP contribution in [0.1, 0.15) is 11.1 Å². The van der Waals surface area contributed by atoms with Crippen molar-refractivity contribution in [1.82, 2.24) is 4.90 Å². The van der Waals surface area contributed by atoms with Gasteiger partial charge in [0.25, 0.3) is 11.1 Å². The van der Waals surface area contributed by atoms with E-state index in [0.29, 0.717) is 22.3 Å². The molecule has 1 fully saturated rings. The van der Waals surface area contributed by atoms with Gasteiger partial charge in [0.1, 0.15) is 12.4 Å². The van der Waals surface area contributed by atoms with Crippen molar-refractivity contribution in [3.05, 3.63) is 82.2 Å². The summed E-state index contributed by atoms with van der Waals surface area (Å²) in [7, 11) is 0. The van der Waals surface area contributed by atoms with Crippen LogP contribution in [-0.4, -0.2) is 22.7 Å². The standard InChI is InChI=1S/C20H16ClNO3S/c1-2-9-25-17-8-4-5-14(11-17)12-18-19(23)22(20(24)26-18)13-15-6-3-7-16(21)10-15/h2-8,10-12H,1,9,13H2/b18-12-. The van der Waals surface area contributed by atoms with Crippen molar-refractivity contribution in [3.63, 3.8) is 0 Å². The topological polar surface area (TPSA) is 46.6 Å². The van der Waals surface area contributed by atoms with Crippen molar-refractivity contribution in [1.29, 1.82) is 0 Å². The zero-order chi connectivity index (χ0) is 18.5. The summed E-state index contributed by atoms with van der Waals surface area (Å²) in [5, 5.41) is 0.279. The van der Waals surface area contributed by atoms with E-state index in [1.54, 1.807) is 30.4 Å². The van der Waals surface area contributed by atoms with E-state index in [-0.39, 0.29) is 17.7 Å². The van der Waals surface area contributed by atoms with Crippen molar-refractivity contribution in [2.75, 3.05) is 6.61 Å². The highest BCUT2D eigenvalue weighted by atomic mass is 35.5. The smallest absolute Gasteiger partial charge is 0.293 e. The molecule has 1 aliphatic rings. The molecule has 2 amide bonds. The van der Waals surface area contributed by atoms with E-state index in [1.165, 1.54) is 4.90 Å². The minimum atomic E-state index is -0.308. The Kier molecular flexibility index (Phi) is 5.81. The second-order valence-electron chi connectivity index (χ2n) is 5.57. The number of benzene rings is 2. The molecule has 1 saturated heterocycles. The number of amides is 2. The molecule has 0 aliphatic carbocycles. The fraction of sp³-hybridized carbons (Fsp3) is 0.100. The van der Waals surface area contributed by atoms with Gasteiger partial charge in [-0.2, -0.15) is 0 Å². The summed E-state index contributed by atoms with van der Waals surface area (Å²) in [6.45, 7) is 4.21. The van der Waals surface area contributed by atoms with Crippen LogP contribution in [0.4, 0.5) is 4.79 Å². The minimum absolute atomic E-state index is 0.199. The van der Waals surface area contributed by atoms with Crippen LogP contribution >= 0.6 is 23.4 Å². The summed E-state index contributed by atoms with van der Waals surface area (Å²) in [6.07, 6.45) is 3.36. The normalized spacial score (nSPS) is 15.6. The molecule has 2 aromatic rings. The van der Waals surface area contributed by atoms with E-state index < -0.39 is 0 Å². The predicted molar refractivity (Wildman–Crippen MR) is 105 cm³/mol. The van der Waals surface area contributed by atoms with E-state index in [4.69, 9.17) is 16.3 Å². The second kappa shape index (κ2) is 8.25. The van der Waals surface area contributed by atoms with Gasteiger partial charge in [-0.1, -0.05) is 48.5 Å². The highest BCUT2D eigenvalue weighted by Gasteiger charge is 2.34. The molecule has 4 nitrogen and oxygen atoms in total. The quantitative estimate of drug-likeness (QED) is 0.510. The number of ether oxygens (including phenoxy) is 1. The Bertz CT molecular complexity index is 894.